The summed E-state index contributed by atoms with van der Waals surface area (Å²) in [6, 6.07) is 11.1. The van der Waals surface area contributed by atoms with Gasteiger partial charge in [-0.3, -0.25) is 4.79 Å². The van der Waals surface area contributed by atoms with E-state index in [1.165, 1.54) is 0 Å². The fourth-order valence-electron chi connectivity index (χ4n) is 1.92. The van der Waals surface area contributed by atoms with Crippen LogP contribution in [0.3, 0.4) is 0 Å². The number of aromatic nitrogens is 1. The lowest BCUT2D eigenvalue weighted by Crippen LogP contribution is -2.04. The topological polar surface area (TPSA) is 68.0 Å². The van der Waals surface area contributed by atoms with Crippen molar-refractivity contribution >= 4 is 41.5 Å². The summed E-state index contributed by atoms with van der Waals surface area (Å²) in [5.41, 5.74) is 8.73. The van der Waals surface area contributed by atoms with Gasteiger partial charge in [-0.2, -0.15) is 0 Å². The number of nitrogen functional groups attached to an aromatic ring is 1. The van der Waals surface area contributed by atoms with Gasteiger partial charge in [0.15, 0.2) is 0 Å². The number of benzene rings is 1. The van der Waals surface area contributed by atoms with Gasteiger partial charge in [-0.1, -0.05) is 12.1 Å². The number of nitrogens with one attached hydrogen (secondary N) is 1. The summed E-state index contributed by atoms with van der Waals surface area (Å²) in [7, 11) is 0. The summed E-state index contributed by atoms with van der Waals surface area (Å²) in [5.74, 6) is 0.490. The molecule has 96 valence electrons. The van der Waals surface area contributed by atoms with Crippen molar-refractivity contribution in [3.05, 3.63) is 53.7 Å². The SMILES string of the molecule is Cl.Nc1ccc(C=C2C(=O)Nc3ncccc32)cc1. The van der Waals surface area contributed by atoms with Crippen LogP contribution in [0.25, 0.3) is 11.6 Å². The van der Waals surface area contributed by atoms with Gasteiger partial charge in [0, 0.05) is 17.4 Å². The third kappa shape index (κ3) is 2.44. The van der Waals surface area contributed by atoms with Crippen molar-refractivity contribution in [3.8, 4) is 0 Å². The van der Waals surface area contributed by atoms with Crippen LogP contribution in [0.2, 0.25) is 0 Å². The molecule has 0 radical (unpaired) electrons. The Kier molecular flexibility index (Phi) is 3.53. The fourth-order valence-corrected chi connectivity index (χ4v) is 1.92. The molecule has 3 rings (SSSR count). The Morgan fingerprint density at radius 3 is 2.63 bits per heavy atom. The average Bonchev–Trinajstić information content (AvgIpc) is 2.69. The number of amides is 1. The molecule has 1 amide bonds. The van der Waals surface area contributed by atoms with E-state index in [1.807, 2.05) is 42.5 Å². The van der Waals surface area contributed by atoms with Gasteiger partial charge >= 0.3 is 0 Å². The molecule has 0 atom stereocenters. The lowest BCUT2D eigenvalue weighted by Gasteiger charge is -1.98. The number of anilines is 2. The first kappa shape index (κ1) is 13.1. The van der Waals surface area contributed by atoms with Gasteiger partial charge in [0.1, 0.15) is 5.82 Å². The minimum Gasteiger partial charge on any atom is -0.399 e. The second-order valence-electron chi connectivity index (χ2n) is 4.08. The first-order valence-corrected chi connectivity index (χ1v) is 5.58. The average molecular weight is 274 g/mol. The number of hydrogen-bond acceptors (Lipinski definition) is 3. The van der Waals surface area contributed by atoms with Crippen LogP contribution in [0.15, 0.2) is 42.6 Å². The molecule has 0 saturated carbocycles. The third-order valence-corrected chi connectivity index (χ3v) is 2.82. The van der Waals surface area contributed by atoms with E-state index in [0.29, 0.717) is 17.1 Å². The molecule has 2 heterocycles. The fraction of sp³-hybridized carbons (Fsp3) is 0. The zero-order chi connectivity index (χ0) is 12.5. The van der Waals surface area contributed by atoms with Crippen molar-refractivity contribution in [2.75, 3.05) is 11.1 Å². The van der Waals surface area contributed by atoms with E-state index in [1.54, 1.807) is 6.20 Å². The Morgan fingerprint density at radius 2 is 1.89 bits per heavy atom. The monoisotopic (exact) mass is 273 g/mol. The van der Waals surface area contributed by atoms with Crippen LogP contribution in [0, 0.1) is 0 Å². The molecule has 2 aromatic rings. The standard InChI is InChI=1S/C14H11N3O.ClH/c15-10-5-3-9(4-6-10)8-12-11-2-1-7-16-13(11)17-14(12)18;/h1-8H,15H2,(H,16,17,18);1H. The Morgan fingerprint density at radius 1 is 1.16 bits per heavy atom. The molecule has 0 saturated heterocycles. The smallest absolute Gasteiger partial charge is 0.257 e. The molecule has 4 nitrogen and oxygen atoms in total. The summed E-state index contributed by atoms with van der Waals surface area (Å²) in [6.07, 6.45) is 3.49. The van der Waals surface area contributed by atoms with Gasteiger partial charge < -0.3 is 11.1 Å². The van der Waals surface area contributed by atoms with Crippen molar-refractivity contribution in [2.24, 2.45) is 0 Å². The van der Waals surface area contributed by atoms with Gasteiger partial charge in [0.05, 0.1) is 5.57 Å². The lowest BCUT2D eigenvalue weighted by molar-refractivity contribution is -0.110. The van der Waals surface area contributed by atoms with Gasteiger partial charge in [-0.05, 0) is 35.9 Å². The van der Waals surface area contributed by atoms with E-state index >= 15 is 0 Å². The number of nitrogens with zero attached hydrogens (tertiary/aromatic N) is 1. The predicted octanol–water partition coefficient (Wildman–Crippen LogP) is 2.58. The Labute approximate surface area is 116 Å². The molecule has 0 unspecified atom stereocenters. The van der Waals surface area contributed by atoms with Gasteiger partial charge in [-0.15, -0.1) is 12.4 Å². The molecular weight excluding hydrogens is 262 g/mol. The maximum atomic E-state index is 11.9. The zero-order valence-corrected chi connectivity index (χ0v) is 10.8. The summed E-state index contributed by atoms with van der Waals surface area (Å²) >= 11 is 0. The molecule has 0 bridgehead atoms. The number of carbonyl (C=O) groups excluding carboxylic acids is 1. The molecule has 0 aliphatic carbocycles. The summed E-state index contributed by atoms with van der Waals surface area (Å²) in [5, 5.41) is 2.74. The van der Waals surface area contributed by atoms with Crippen LogP contribution >= 0.6 is 12.4 Å². The molecule has 1 aromatic carbocycles. The molecule has 3 N–H and O–H groups in total. The Bertz CT molecular complexity index is 650. The number of carbonyl (C=O) groups is 1. The summed E-state index contributed by atoms with van der Waals surface area (Å²) < 4.78 is 0. The third-order valence-electron chi connectivity index (χ3n) is 2.82. The molecule has 0 spiro atoms. The summed E-state index contributed by atoms with van der Waals surface area (Å²) in [4.78, 5) is 16.0. The van der Waals surface area contributed by atoms with Gasteiger partial charge in [-0.25, -0.2) is 4.98 Å². The molecule has 5 heteroatoms. The van der Waals surface area contributed by atoms with Gasteiger partial charge in [0.2, 0.25) is 0 Å². The van der Waals surface area contributed by atoms with Crippen molar-refractivity contribution in [2.45, 2.75) is 0 Å². The van der Waals surface area contributed by atoms with E-state index in [0.717, 1.165) is 11.1 Å². The Balaban J connectivity index is 0.00000133. The number of hydrogen-bond donors (Lipinski definition) is 2. The first-order chi connectivity index (χ1) is 8.74. The number of pyridine rings is 1. The highest BCUT2D eigenvalue weighted by Gasteiger charge is 2.24. The van der Waals surface area contributed by atoms with Crippen LogP contribution in [0.4, 0.5) is 11.5 Å². The van der Waals surface area contributed by atoms with E-state index in [4.69, 9.17) is 5.73 Å². The number of halogens is 1. The maximum absolute atomic E-state index is 11.9. The van der Waals surface area contributed by atoms with Crippen molar-refractivity contribution in [1.82, 2.24) is 4.98 Å². The second-order valence-corrected chi connectivity index (χ2v) is 4.08. The van der Waals surface area contributed by atoms with Crippen molar-refractivity contribution < 1.29 is 4.79 Å². The highest BCUT2D eigenvalue weighted by atomic mass is 35.5. The van der Waals surface area contributed by atoms with Crippen LogP contribution < -0.4 is 11.1 Å². The minimum absolute atomic E-state index is 0. The van der Waals surface area contributed by atoms with Crippen LogP contribution in [0.5, 0.6) is 0 Å². The first-order valence-electron chi connectivity index (χ1n) is 5.58. The van der Waals surface area contributed by atoms with Crippen molar-refractivity contribution in [3.63, 3.8) is 0 Å². The second kappa shape index (κ2) is 5.12. The molecule has 1 aliphatic rings. The summed E-state index contributed by atoms with van der Waals surface area (Å²) in [6.45, 7) is 0. The van der Waals surface area contributed by atoms with E-state index in [9.17, 15) is 4.79 Å². The normalized spacial score (nSPS) is 14.7. The zero-order valence-electron chi connectivity index (χ0n) is 9.96. The number of nitrogens with two attached hydrogens (primary N) is 1. The highest BCUT2D eigenvalue weighted by Crippen LogP contribution is 2.30. The van der Waals surface area contributed by atoms with Crippen LogP contribution in [-0.2, 0) is 4.79 Å². The maximum Gasteiger partial charge on any atom is 0.257 e. The molecular formula is C14H12ClN3O. The molecule has 1 aliphatic heterocycles. The van der Waals surface area contributed by atoms with E-state index in [2.05, 4.69) is 10.3 Å². The largest absolute Gasteiger partial charge is 0.399 e. The van der Waals surface area contributed by atoms with Crippen LogP contribution in [-0.4, -0.2) is 10.9 Å². The quantitative estimate of drug-likeness (QED) is 0.620. The lowest BCUT2D eigenvalue weighted by atomic mass is 10.1. The predicted molar refractivity (Wildman–Crippen MR) is 78.8 cm³/mol. The van der Waals surface area contributed by atoms with Crippen LogP contribution in [0.1, 0.15) is 11.1 Å². The Hall–Kier alpha value is -2.33. The number of fused-ring (bicyclic) bond motifs is 1. The number of rotatable bonds is 1. The molecule has 0 fully saturated rings. The van der Waals surface area contributed by atoms with Gasteiger partial charge in [0.25, 0.3) is 5.91 Å². The van der Waals surface area contributed by atoms with E-state index in [-0.39, 0.29) is 18.3 Å². The molecule has 19 heavy (non-hydrogen) atoms. The minimum atomic E-state index is -0.125. The highest BCUT2D eigenvalue weighted by molar-refractivity contribution is 6.34. The molecule has 1 aromatic heterocycles. The van der Waals surface area contributed by atoms with E-state index < -0.39 is 0 Å². The van der Waals surface area contributed by atoms with Crippen molar-refractivity contribution in [1.29, 1.82) is 0 Å².